The number of hydrogen-bond donors (Lipinski definition) is 1. The lowest BCUT2D eigenvalue weighted by Gasteiger charge is -2.24. The van der Waals surface area contributed by atoms with Gasteiger partial charge in [-0.05, 0) is 19.8 Å². The SMILES string of the molecule is CCOC(=O)N1CCc2nc(NC(=O)C3CCCC3)sc2C1. The zero-order chi connectivity index (χ0) is 15.5. The van der Waals surface area contributed by atoms with Crippen LogP contribution in [-0.2, 0) is 22.5 Å². The summed E-state index contributed by atoms with van der Waals surface area (Å²) >= 11 is 1.47. The van der Waals surface area contributed by atoms with Gasteiger partial charge in [-0.3, -0.25) is 4.79 Å². The van der Waals surface area contributed by atoms with E-state index in [-0.39, 0.29) is 17.9 Å². The average Bonchev–Trinajstić information content (AvgIpc) is 3.15. The highest BCUT2D eigenvalue weighted by Crippen LogP contribution is 2.30. The Balaban J connectivity index is 1.63. The van der Waals surface area contributed by atoms with Crippen LogP contribution in [0, 0.1) is 5.92 Å². The molecular weight excluding hydrogens is 302 g/mol. The number of anilines is 1. The number of hydrogen-bond acceptors (Lipinski definition) is 5. The minimum atomic E-state index is -0.280. The topological polar surface area (TPSA) is 71.5 Å². The van der Waals surface area contributed by atoms with Gasteiger partial charge in [-0.25, -0.2) is 9.78 Å². The molecule has 0 atom stereocenters. The van der Waals surface area contributed by atoms with Gasteiger partial charge < -0.3 is 15.0 Å². The van der Waals surface area contributed by atoms with E-state index in [9.17, 15) is 9.59 Å². The molecule has 6 nitrogen and oxygen atoms in total. The van der Waals surface area contributed by atoms with Gasteiger partial charge >= 0.3 is 6.09 Å². The van der Waals surface area contributed by atoms with Gasteiger partial charge in [-0.2, -0.15) is 0 Å². The van der Waals surface area contributed by atoms with E-state index < -0.39 is 0 Å². The summed E-state index contributed by atoms with van der Waals surface area (Å²) in [4.78, 5) is 31.2. The van der Waals surface area contributed by atoms with Gasteiger partial charge in [-0.15, -0.1) is 0 Å². The fraction of sp³-hybridized carbons (Fsp3) is 0.667. The van der Waals surface area contributed by atoms with E-state index in [1.54, 1.807) is 11.8 Å². The number of nitrogens with zero attached hydrogens (tertiary/aromatic N) is 2. The van der Waals surface area contributed by atoms with Crippen molar-refractivity contribution < 1.29 is 14.3 Å². The van der Waals surface area contributed by atoms with Crippen LogP contribution in [0.3, 0.4) is 0 Å². The monoisotopic (exact) mass is 323 g/mol. The lowest BCUT2D eigenvalue weighted by Crippen LogP contribution is -2.35. The molecule has 0 spiro atoms. The molecule has 1 aromatic rings. The molecule has 0 aromatic carbocycles. The van der Waals surface area contributed by atoms with E-state index in [4.69, 9.17) is 4.74 Å². The van der Waals surface area contributed by atoms with Crippen LogP contribution < -0.4 is 5.32 Å². The highest BCUT2D eigenvalue weighted by atomic mass is 32.1. The molecule has 120 valence electrons. The van der Waals surface area contributed by atoms with E-state index in [0.717, 1.165) is 36.3 Å². The maximum absolute atomic E-state index is 12.2. The summed E-state index contributed by atoms with van der Waals surface area (Å²) in [6, 6.07) is 0. The summed E-state index contributed by atoms with van der Waals surface area (Å²) in [7, 11) is 0. The number of thiazole rings is 1. The summed E-state index contributed by atoms with van der Waals surface area (Å²) < 4.78 is 5.04. The molecule has 3 rings (SSSR count). The van der Waals surface area contributed by atoms with Gasteiger partial charge in [0.25, 0.3) is 0 Å². The van der Waals surface area contributed by atoms with Crippen molar-refractivity contribution in [1.82, 2.24) is 9.88 Å². The minimum absolute atomic E-state index is 0.0887. The molecule has 1 N–H and O–H groups in total. The van der Waals surface area contributed by atoms with Crippen LogP contribution in [0.15, 0.2) is 0 Å². The van der Waals surface area contributed by atoms with Gasteiger partial charge in [0, 0.05) is 23.8 Å². The summed E-state index contributed by atoms with van der Waals surface area (Å²) in [5, 5.41) is 3.60. The van der Waals surface area contributed by atoms with Crippen molar-refractivity contribution in [1.29, 1.82) is 0 Å². The number of amides is 2. The Morgan fingerprint density at radius 1 is 1.41 bits per heavy atom. The van der Waals surface area contributed by atoms with Gasteiger partial charge in [0.2, 0.25) is 5.91 Å². The summed E-state index contributed by atoms with van der Waals surface area (Å²) in [6.07, 6.45) is 4.67. The normalized spacial score (nSPS) is 18.1. The Hall–Kier alpha value is -1.63. The first-order valence-electron chi connectivity index (χ1n) is 7.88. The average molecular weight is 323 g/mol. The fourth-order valence-corrected chi connectivity index (χ4v) is 4.04. The molecule has 0 bridgehead atoms. The van der Waals surface area contributed by atoms with E-state index in [1.165, 1.54) is 11.3 Å². The molecule has 0 radical (unpaired) electrons. The maximum atomic E-state index is 12.2. The molecule has 2 aliphatic rings. The van der Waals surface area contributed by atoms with E-state index in [0.29, 0.717) is 31.2 Å². The molecular formula is C15H21N3O3S. The van der Waals surface area contributed by atoms with Crippen molar-refractivity contribution in [3.63, 3.8) is 0 Å². The minimum Gasteiger partial charge on any atom is -0.450 e. The van der Waals surface area contributed by atoms with Crippen LogP contribution in [0.2, 0.25) is 0 Å². The third-order valence-electron chi connectivity index (χ3n) is 4.21. The quantitative estimate of drug-likeness (QED) is 0.928. The number of aromatic nitrogens is 1. The Bertz CT molecular complexity index is 566. The zero-order valence-electron chi connectivity index (χ0n) is 12.8. The Labute approximate surface area is 133 Å². The number of nitrogens with one attached hydrogen (secondary N) is 1. The molecule has 0 unspecified atom stereocenters. The maximum Gasteiger partial charge on any atom is 0.410 e. The predicted molar refractivity (Wildman–Crippen MR) is 83.8 cm³/mol. The number of ether oxygens (including phenoxy) is 1. The zero-order valence-corrected chi connectivity index (χ0v) is 13.6. The molecule has 22 heavy (non-hydrogen) atoms. The van der Waals surface area contributed by atoms with E-state index in [1.807, 2.05) is 0 Å². The van der Waals surface area contributed by atoms with Crippen molar-refractivity contribution in [2.75, 3.05) is 18.5 Å². The Morgan fingerprint density at radius 3 is 2.91 bits per heavy atom. The van der Waals surface area contributed by atoms with Crippen LogP contribution in [-0.4, -0.2) is 35.0 Å². The molecule has 1 aliphatic heterocycles. The molecule has 1 saturated carbocycles. The summed E-state index contributed by atoms with van der Waals surface area (Å²) in [5.41, 5.74) is 0.993. The molecule has 2 amide bonds. The highest BCUT2D eigenvalue weighted by molar-refractivity contribution is 7.15. The Kier molecular flexibility index (Phi) is 4.61. The Morgan fingerprint density at radius 2 is 2.18 bits per heavy atom. The molecule has 0 saturated heterocycles. The lowest BCUT2D eigenvalue weighted by molar-refractivity contribution is -0.119. The number of carbonyl (C=O) groups excluding carboxylic acids is 2. The first-order valence-corrected chi connectivity index (χ1v) is 8.70. The molecule has 7 heteroatoms. The van der Waals surface area contributed by atoms with Crippen LogP contribution in [0.4, 0.5) is 9.93 Å². The van der Waals surface area contributed by atoms with Crippen molar-refractivity contribution >= 4 is 28.5 Å². The van der Waals surface area contributed by atoms with Crippen molar-refractivity contribution in [3.05, 3.63) is 10.6 Å². The van der Waals surface area contributed by atoms with Crippen LogP contribution in [0.1, 0.15) is 43.2 Å². The van der Waals surface area contributed by atoms with Crippen LogP contribution in [0.5, 0.6) is 0 Å². The van der Waals surface area contributed by atoms with Gasteiger partial charge in [0.15, 0.2) is 5.13 Å². The summed E-state index contributed by atoms with van der Waals surface area (Å²) in [6.45, 7) is 3.32. The molecule has 1 fully saturated rings. The second-order valence-corrected chi connectivity index (χ2v) is 6.81. The number of carbonyl (C=O) groups is 2. The predicted octanol–water partition coefficient (Wildman–Crippen LogP) is 2.79. The number of fused-ring (bicyclic) bond motifs is 1. The highest BCUT2D eigenvalue weighted by Gasteiger charge is 2.27. The van der Waals surface area contributed by atoms with Gasteiger partial charge in [0.05, 0.1) is 18.8 Å². The van der Waals surface area contributed by atoms with E-state index >= 15 is 0 Å². The summed E-state index contributed by atoms with van der Waals surface area (Å²) in [5.74, 6) is 0.225. The third-order valence-corrected chi connectivity index (χ3v) is 5.21. The first-order chi connectivity index (χ1) is 10.7. The molecule has 2 heterocycles. The first kappa shape index (κ1) is 15.3. The molecule has 1 aromatic heterocycles. The van der Waals surface area contributed by atoms with Gasteiger partial charge in [-0.1, -0.05) is 24.2 Å². The van der Waals surface area contributed by atoms with Crippen molar-refractivity contribution in [2.45, 2.75) is 45.6 Å². The van der Waals surface area contributed by atoms with Crippen molar-refractivity contribution in [2.24, 2.45) is 5.92 Å². The van der Waals surface area contributed by atoms with E-state index in [2.05, 4.69) is 10.3 Å². The standard InChI is InChI=1S/C15H21N3O3S/c1-2-21-15(20)18-8-7-11-12(9-18)22-14(16-11)17-13(19)10-5-3-4-6-10/h10H,2-9H2,1H3,(H,16,17,19). The second-order valence-electron chi connectivity index (χ2n) is 5.73. The van der Waals surface area contributed by atoms with Crippen LogP contribution in [0.25, 0.3) is 0 Å². The van der Waals surface area contributed by atoms with Crippen LogP contribution >= 0.6 is 11.3 Å². The van der Waals surface area contributed by atoms with Gasteiger partial charge in [0.1, 0.15) is 0 Å². The van der Waals surface area contributed by atoms with Crippen molar-refractivity contribution in [3.8, 4) is 0 Å². The third kappa shape index (κ3) is 3.24. The lowest BCUT2D eigenvalue weighted by atomic mass is 10.1. The second kappa shape index (κ2) is 6.64. The smallest absolute Gasteiger partial charge is 0.410 e. The number of rotatable bonds is 3. The largest absolute Gasteiger partial charge is 0.450 e. The molecule has 1 aliphatic carbocycles. The fourth-order valence-electron chi connectivity index (χ4n) is 3.01.